The van der Waals surface area contributed by atoms with E-state index in [-0.39, 0.29) is 10.8 Å². The third-order valence-corrected chi connectivity index (χ3v) is 5.68. The first-order chi connectivity index (χ1) is 9.88. The Morgan fingerprint density at radius 1 is 1.43 bits per heavy atom. The summed E-state index contributed by atoms with van der Waals surface area (Å²) in [6.07, 6.45) is 1.63. The van der Waals surface area contributed by atoms with Gasteiger partial charge in [0.1, 0.15) is 0 Å². The van der Waals surface area contributed by atoms with Crippen molar-refractivity contribution in [1.82, 2.24) is 9.38 Å². The maximum absolute atomic E-state index is 12.6. The van der Waals surface area contributed by atoms with E-state index in [4.69, 9.17) is 5.73 Å². The molecule has 0 fully saturated rings. The monoisotopic (exact) mass is 386 g/mol. The molecule has 0 aliphatic carbocycles. The minimum absolute atomic E-state index is 0.0161. The standard InChI is InChI=1S/C12H11BrN4O2S2/c1-7-2-3-9(8(13)6-7)16-21(18,19)11-10(14)15-12-17(11)4-5-20-12/h2-6,16H,14H2,1H3. The average molecular weight is 387 g/mol. The fourth-order valence-electron chi connectivity index (χ4n) is 1.94. The number of nitrogens with one attached hydrogen (secondary N) is 1. The number of thiazole rings is 1. The normalized spacial score (nSPS) is 11.9. The van der Waals surface area contributed by atoms with Crippen molar-refractivity contribution in [2.75, 3.05) is 10.5 Å². The molecular formula is C12H11BrN4O2S2. The highest BCUT2D eigenvalue weighted by molar-refractivity contribution is 9.10. The van der Waals surface area contributed by atoms with E-state index in [0.29, 0.717) is 15.1 Å². The average Bonchev–Trinajstić information content (AvgIpc) is 2.91. The van der Waals surface area contributed by atoms with E-state index >= 15 is 0 Å². The Balaban J connectivity index is 2.08. The fourth-order valence-corrected chi connectivity index (χ4v) is 4.74. The SMILES string of the molecule is Cc1ccc(NS(=O)(=O)c2c(N)nc3sccn23)c(Br)c1. The summed E-state index contributed by atoms with van der Waals surface area (Å²) in [5.74, 6) is -0.0161. The zero-order chi connectivity index (χ0) is 15.2. The third-order valence-electron chi connectivity index (χ3n) is 2.87. The van der Waals surface area contributed by atoms with Gasteiger partial charge in [-0.2, -0.15) is 8.42 Å². The van der Waals surface area contributed by atoms with Crippen molar-refractivity contribution >= 4 is 53.8 Å². The van der Waals surface area contributed by atoms with Gasteiger partial charge in [0.05, 0.1) is 5.69 Å². The highest BCUT2D eigenvalue weighted by Gasteiger charge is 2.25. The van der Waals surface area contributed by atoms with Gasteiger partial charge < -0.3 is 5.73 Å². The molecule has 0 aliphatic heterocycles. The summed E-state index contributed by atoms with van der Waals surface area (Å²) in [7, 11) is -3.83. The lowest BCUT2D eigenvalue weighted by Gasteiger charge is -2.10. The highest BCUT2D eigenvalue weighted by atomic mass is 79.9. The number of nitrogens with two attached hydrogens (primary N) is 1. The summed E-state index contributed by atoms with van der Waals surface area (Å²) in [6, 6.07) is 5.35. The molecule has 0 saturated heterocycles. The van der Waals surface area contributed by atoms with Crippen molar-refractivity contribution in [2.24, 2.45) is 0 Å². The third kappa shape index (κ3) is 2.52. The van der Waals surface area contributed by atoms with E-state index in [1.165, 1.54) is 15.7 Å². The summed E-state index contributed by atoms with van der Waals surface area (Å²) in [5, 5.41) is 1.70. The Labute approximate surface area is 133 Å². The van der Waals surface area contributed by atoms with Crippen molar-refractivity contribution in [3.05, 3.63) is 39.8 Å². The molecule has 1 aromatic carbocycles. The number of imidazole rings is 1. The van der Waals surface area contributed by atoms with Crippen LogP contribution in [-0.2, 0) is 10.0 Å². The number of fused-ring (bicyclic) bond motifs is 1. The Bertz CT molecular complexity index is 930. The quantitative estimate of drug-likeness (QED) is 0.723. The second kappa shape index (κ2) is 5.00. The number of rotatable bonds is 3. The van der Waals surface area contributed by atoms with Crippen LogP contribution < -0.4 is 10.5 Å². The highest BCUT2D eigenvalue weighted by Crippen LogP contribution is 2.29. The topological polar surface area (TPSA) is 89.5 Å². The zero-order valence-electron chi connectivity index (χ0n) is 10.9. The molecule has 6 nitrogen and oxygen atoms in total. The van der Waals surface area contributed by atoms with Gasteiger partial charge in [0, 0.05) is 16.0 Å². The first kappa shape index (κ1) is 14.4. The summed E-state index contributed by atoms with van der Waals surface area (Å²) in [4.78, 5) is 4.58. The number of aryl methyl sites for hydroxylation is 1. The molecule has 2 heterocycles. The lowest BCUT2D eigenvalue weighted by molar-refractivity contribution is 0.597. The van der Waals surface area contributed by atoms with Gasteiger partial charge in [-0.3, -0.25) is 9.12 Å². The first-order valence-corrected chi connectivity index (χ1v) is 9.04. The molecular weight excluding hydrogens is 376 g/mol. The molecule has 0 amide bonds. The molecule has 9 heteroatoms. The minimum Gasteiger partial charge on any atom is -0.381 e. The van der Waals surface area contributed by atoms with E-state index in [1.807, 2.05) is 19.1 Å². The van der Waals surface area contributed by atoms with Crippen LogP contribution in [-0.4, -0.2) is 17.8 Å². The molecule has 0 atom stereocenters. The van der Waals surface area contributed by atoms with E-state index < -0.39 is 10.0 Å². The maximum atomic E-state index is 12.6. The Kier molecular flexibility index (Phi) is 3.42. The van der Waals surface area contributed by atoms with Gasteiger partial charge in [0.2, 0.25) is 5.03 Å². The molecule has 3 N–H and O–H groups in total. The number of aromatic nitrogens is 2. The number of nitrogens with zero attached hydrogens (tertiary/aromatic N) is 2. The Morgan fingerprint density at radius 2 is 2.19 bits per heavy atom. The summed E-state index contributed by atoms with van der Waals surface area (Å²) >= 11 is 4.67. The number of sulfonamides is 1. The number of halogens is 1. The molecule has 0 spiro atoms. The van der Waals surface area contributed by atoms with Crippen LogP contribution in [0.15, 0.2) is 39.3 Å². The Morgan fingerprint density at radius 3 is 2.90 bits per heavy atom. The molecule has 110 valence electrons. The van der Waals surface area contributed by atoms with Crippen LogP contribution in [0, 0.1) is 6.92 Å². The maximum Gasteiger partial charge on any atom is 0.281 e. The van der Waals surface area contributed by atoms with Crippen LogP contribution in [0.4, 0.5) is 11.5 Å². The summed E-state index contributed by atoms with van der Waals surface area (Å²) in [5.41, 5.74) is 7.21. The van der Waals surface area contributed by atoms with Gasteiger partial charge in [-0.15, -0.1) is 11.3 Å². The van der Waals surface area contributed by atoms with Gasteiger partial charge in [0.15, 0.2) is 10.8 Å². The van der Waals surface area contributed by atoms with Crippen LogP contribution in [0.25, 0.3) is 4.96 Å². The molecule has 0 radical (unpaired) electrons. The predicted octanol–water partition coefficient (Wildman–Crippen LogP) is 2.85. The van der Waals surface area contributed by atoms with E-state index in [1.54, 1.807) is 17.6 Å². The van der Waals surface area contributed by atoms with Gasteiger partial charge in [-0.1, -0.05) is 6.07 Å². The van der Waals surface area contributed by atoms with Crippen molar-refractivity contribution < 1.29 is 8.42 Å². The summed E-state index contributed by atoms with van der Waals surface area (Å²) < 4.78 is 29.8. The molecule has 0 bridgehead atoms. The molecule has 21 heavy (non-hydrogen) atoms. The van der Waals surface area contributed by atoms with Crippen molar-refractivity contribution in [3.8, 4) is 0 Å². The largest absolute Gasteiger partial charge is 0.381 e. The fraction of sp³-hybridized carbons (Fsp3) is 0.0833. The van der Waals surface area contributed by atoms with Gasteiger partial charge in [0.25, 0.3) is 10.0 Å². The lowest BCUT2D eigenvalue weighted by Crippen LogP contribution is -2.16. The van der Waals surface area contributed by atoms with Crippen LogP contribution in [0.2, 0.25) is 0 Å². The van der Waals surface area contributed by atoms with Gasteiger partial charge >= 0.3 is 0 Å². The minimum atomic E-state index is -3.83. The number of nitrogen functional groups attached to an aromatic ring is 1. The summed E-state index contributed by atoms with van der Waals surface area (Å²) in [6.45, 7) is 1.92. The molecule has 3 aromatic rings. The van der Waals surface area contributed by atoms with Crippen LogP contribution in [0.1, 0.15) is 5.56 Å². The van der Waals surface area contributed by atoms with E-state index in [0.717, 1.165) is 5.56 Å². The number of hydrogen-bond acceptors (Lipinski definition) is 5. The van der Waals surface area contributed by atoms with Crippen LogP contribution in [0.5, 0.6) is 0 Å². The van der Waals surface area contributed by atoms with Crippen molar-refractivity contribution in [1.29, 1.82) is 0 Å². The molecule has 0 unspecified atom stereocenters. The lowest BCUT2D eigenvalue weighted by atomic mass is 10.2. The number of anilines is 2. The molecule has 0 saturated carbocycles. The van der Waals surface area contributed by atoms with E-state index in [2.05, 4.69) is 25.6 Å². The number of hydrogen-bond donors (Lipinski definition) is 2. The Hall–Kier alpha value is -1.58. The number of benzene rings is 1. The first-order valence-electron chi connectivity index (χ1n) is 5.88. The van der Waals surface area contributed by atoms with E-state index in [9.17, 15) is 8.42 Å². The molecule has 2 aromatic heterocycles. The predicted molar refractivity (Wildman–Crippen MR) is 87.2 cm³/mol. The molecule has 3 rings (SSSR count). The van der Waals surface area contributed by atoms with Crippen LogP contribution in [0.3, 0.4) is 0 Å². The van der Waals surface area contributed by atoms with Gasteiger partial charge in [-0.05, 0) is 40.5 Å². The second-order valence-corrected chi connectivity index (χ2v) is 7.77. The zero-order valence-corrected chi connectivity index (χ0v) is 14.1. The smallest absolute Gasteiger partial charge is 0.281 e. The van der Waals surface area contributed by atoms with Crippen LogP contribution >= 0.6 is 27.3 Å². The van der Waals surface area contributed by atoms with Gasteiger partial charge in [-0.25, -0.2) is 4.98 Å². The van der Waals surface area contributed by atoms with Crippen molar-refractivity contribution in [2.45, 2.75) is 11.9 Å². The molecule has 0 aliphatic rings. The van der Waals surface area contributed by atoms with Crippen molar-refractivity contribution in [3.63, 3.8) is 0 Å². The second-order valence-electron chi connectivity index (χ2n) is 4.45.